The Bertz CT molecular complexity index is 869. The number of rotatable bonds is 1. The van der Waals surface area contributed by atoms with Crippen molar-refractivity contribution >= 4 is 32.8 Å². The van der Waals surface area contributed by atoms with Crippen molar-refractivity contribution in [3.63, 3.8) is 0 Å². The third-order valence-electron chi connectivity index (χ3n) is 4.30. The van der Waals surface area contributed by atoms with Crippen LogP contribution in [0.3, 0.4) is 0 Å². The molecule has 0 spiro atoms. The first-order chi connectivity index (χ1) is 10.2. The molecule has 1 atom stereocenters. The predicted molar refractivity (Wildman–Crippen MR) is 94.5 cm³/mol. The van der Waals surface area contributed by atoms with Crippen molar-refractivity contribution in [2.75, 3.05) is 0 Å². The topological polar surface area (TPSA) is 0 Å². The second-order valence-corrected chi connectivity index (χ2v) is 6.55. The molecule has 0 amide bonds. The van der Waals surface area contributed by atoms with Crippen LogP contribution in [0.1, 0.15) is 24.0 Å². The molecule has 0 bridgehead atoms. The van der Waals surface area contributed by atoms with Crippen LogP contribution in [0.2, 0.25) is 0 Å². The molecule has 1 aliphatic rings. The summed E-state index contributed by atoms with van der Waals surface area (Å²) in [4.78, 5) is 0. The maximum absolute atomic E-state index is 3.68. The van der Waals surface area contributed by atoms with E-state index in [2.05, 4.69) is 89.6 Å². The molecule has 0 aliphatic heterocycles. The van der Waals surface area contributed by atoms with E-state index in [1.165, 1.54) is 33.0 Å². The Morgan fingerprint density at radius 2 is 1.71 bits per heavy atom. The molecule has 1 heteroatoms. The zero-order chi connectivity index (χ0) is 14.4. The van der Waals surface area contributed by atoms with Crippen molar-refractivity contribution < 1.29 is 0 Å². The van der Waals surface area contributed by atoms with Crippen LogP contribution in [0.25, 0.3) is 28.0 Å². The molecule has 3 aromatic carbocycles. The molecular formula is C20H15Br. The van der Waals surface area contributed by atoms with Crippen LogP contribution < -0.4 is 0 Å². The monoisotopic (exact) mass is 334 g/mol. The second-order valence-electron chi connectivity index (χ2n) is 5.63. The first kappa shape index (κ1) is 12.8. The summed E-state index contributed by atoms with van der Waals surface area (Å²) >= 11 is 3.68. The fourth-order valence-corrected chi connectivity index (χ4v) is 3.70. The number of hydrogen-bond acceptors (Lipinski definition) is 0. The maximum atomic E-state index is 3.68. The van der Waals surface area contributed by atoms with Gasteiger partial charge in [-0.05, 0) is 51.1 Å². The molecule has 0 saturated carbocycles. The Balaban J connectivity index is 2.07. The summed E-state index contributed by atoms with van der Waals surface area (Å²) in [7, 11) is 0. The van der Waals surface area contributed by atoms with Crippen LogP contribution in [0.4, 0.5) is 0 Å². The van der Waals surface area contributed by atoms with Gasteiger partial charge in [-0.2, -0.15) is 0 Å². The van der Waals surface area contributed by atoms with Gasteiger partial charge >= 0.3 is 0 Å². The molecule has 0 N–H and O–H groups in total. The first-order valence-corrected chi connectivity index (χ1v) is 8.03. The number of hydrogen-bond donors (Lipinski definition) is 0. The van der Waals surface area contributed by atoms with E-state index in [4.69, 9.17) is 0 Å². The molecule has 0 nitrogen and oxygen atoms in total. The van der Waals surface area contributed by atoms with Gasteiger partial charge in [0.1, 0.15) is 0 Å². The lowest BCUT2D eigenvalue weighted by atomic mass is 9.91. The van der Waals surface area contributed by atoms with Gasteiger partial charge in [0.05, 0.1) is 0 Å². The Morgan fingerprint density at radius 3 is 2.62 bits per heavy atom. The molecule has 4 rings (SSSR count). The zero-order valence-corrected chi connectivity index (χ0v) is 13.4. The third-order valence-corrected chi connectivity index (χ3v) is 4.76. The normalized spacial score (nSPS) is 16.4. The molecule has 21 heavy (non-hydrogen) atoms. The molecule has 102 valence electrons. The van der Waals surface area contributed by atoms with E-state index in [9.17, 15) is 0 Å². The van der Waals surface area contributed by atoms with Crippen molar-refractivity contribution in [1.29, 1.82) is 0 Å². The van der Waals surface area contributed by atoms with Gasteiger partial charge < -0.3 is 0 Å². The standard InChI is InChI=1S/C20H15Br/c1-13-9-10-18-19(13)11-15(21)12-20(18)17-8-4-6-14-5-2-3-7-16(14)17/h2-13H,1H3. The molecule has 1 aliphatic carbocycles. The van der Waals surface area contributed by atoms with E-state index in [1.807, 2.05) is 0 Å². The number of fused-ring (bicyclic) bond motifs is 2. The van der Waals surface area contributed by atoms with Crippen LogP contribution in [-0.2, 0) is 0 Å². The average Bonchev–Trinajstić information content (AvgIpc) is 2.87. The van der Waals surface area contributed by atoms with Crippen LogP contribution >= 0.6 is 15.9 Å². The number of halogens is 1. The molecule has 0 aromatic heterocycles. The van der Waals surface area contributed by atoms with Crippen LogP contribution in [0, 0.1) is 0 Å². The van der Waals surface area contributed by atoms with Crippen molar-refractivity contribution in [2.45, 2.75) is 12.8 Å². The molecule has 0 radical (unpaired) electrons. The van der Waals surface area contributed by atoms with E-state index in [0.29, 0.717) is 5.92 Å². The average molecular weight is 335 g/mol. The molecule has 3 aromatic rings. The second kappa shape index (κ2) is 4.85. The minimum absolute atomic E-state index is 0.492. The molecular weight excluding hydrogens is 320 g/mol. The molecule has 1 unspecified atom stereocenters. The van der Waals surface area contributed by atoms with E-state index >= 15 is 0 Å². The van der Waals surface area contributed by atoms with Gasteiger partial charge in [-0.15, -0.1) is 0 Å². The molecule has 0 fully saturated rings. The van der Waals surface area contributed by atoms with E-state index in [1.54, 1.807) is 0 Å². The first-order valence-electron chi connectivity index (χ1n) is 7.24. The van der Waals surface area contributed by atoms with Crippen molar-refractivity contribution in [3.05, 3.63) is 76.3 Å². The van der Waals surface area contributed by atoms with Crippen molar-refractivity contribution in [3.8, 4) is 11.1 Å². The van der Waals surface area contributed by atoms with E-state index in [-0.39, 0.29) is 0 Å². The predicted octanol–water partition coefficient (Wildman–Crippen LogP) is 6.40. The van der Waals surface area contributed by atoms with Crippen LogP contribution in [-0.4, -0.2) is 0 Å². The van der Waals surface area contributed by atoms with E-state index in [0.717, 1.165) is 4.47 Å². The lowest BCUT2D eigenvalue weighted by Crippen LogP contribution is -1.92. The maximum Gasteiger partial charge on any atom is 0.0184 e. The van der Waals surface area contributed by atoms with Gasteiger partial charge in [0, 0.05) is 4.47 Å². The van der Waals surface area contributed by atoms with Crippen LogP contribution in [0.5, 0.6) is 0 Å². The van der Waals surface area contributed by atoms with Gasteiger partial charge in [0.15, 0.2) is 0 Å². The van der Waals surface area contributed by atoms with Gasteiger partial charge in [-0.1, -0.05) is 77.5 Å². The zero-order valence-electron chi connectivity index (χ0n) is 11.8. The molecule has 0 saturated heterocycles. The third kappa shape index (κ3) is 2.04. The Labute approximate surface area is 133 Å². The van der Waals surface area contributed by atoms with Gasteiger partial charge in [-0.25, -0.2) is 0 Å². The lowest BCUT2D eigenvalue weighted by Gasteiger charge is -2.14. The highest BCUT2D eigenvalue weighted by Crippen LogP contribution is 2.41. The largest absolute Gasteiger partial charge is 0.0766 e. The minimum Gasteiger partial charge on any atom is -0.0766 e. The van der Waals surface area contributed by atoms with Gasteiger partial charge in [0.2, 0.25) is 0 Å². The summed E-state index contributed by atoms with van der Waals surface area (Å²) < 4.78 is 1.15. The SMILES string of the molecule is CC1C=Cc2c(-c3cccc4ccccc34)cc(Br)cc21. The lowest BCUT2D eigenvalue weighted by molar-refractivity contribution is 0.989. The quantitative estimate of drug-likeness (QED) is 0.483. The highest BCUT2D eigenvalue weighted by atomic mass is 79.9. The fraction of sp³-hybridized carbons (Fsp3) is 0.100. The highest BCUT2D eigenvalue weighted by Gasteiger charge is 2.18. The Hall–Kier alpha value is -1.86. The Morgan fingerprint density at radius 1 is 0.905 bits per heavy atom. The summed E-state index contributed by atoms with van der Waals surface area (Å²) in [6.07, 6.45) is 4.55. The van der Waals surface area contributed by atoms with Gasteiger partial charge in [-0.3, -0.25) is 0 Å². The summed E-state index contributed by atoms with van der Waals surface area (Å²) in [6, 6.07) is 19.6. The summed E-state index contributed by atoms with van der Waals surface area (Å²) in [5.41, 5.74) is 5.40. The van der Waals surface area contributed by atoms with Gasteiger partial charge in [0.25, 0.3) is 0 Å². The minimum atomic E-state index is 0.492. The number of allylic oxidation sites excluding steroid dienone is 1. The summed E-state index contributed by atoms with van der Waals surface area (Å²) in [5.74, 6) is 0.492. The summed E-state index contributed by atoms with van der Waals surface area (Å²) in [6.45, 7) is 2.25. The fourth-order valence-electron chi connectivity index (χ4n) is 3.23. The molecule has 0 heterocycles. The van der Waals surface area contributed by atoms with Crippen molar-refractivity contribution in [2.24, 2.45) is 0 Å². The van der Waals surface area contributed by atoms with Crippen molar-refractivity contribution in [1.82, 2.24) is 0 Å². The number of benzene rings is 3. The highest BCUT2D eigenvalue weighted by molar-refractivity contribution is 9.10. The summed E-state index contributed by atoms with van der Waals surface area (Å²) in [5, 5.41) is 2.60. The Kier molecular flexibility index (Phi) is 2.97. The van der Waals surface area contributed by atoms with E-state index < -0.39 is 0 Å². The smallest absolute Gasteiger partial charge is 0.0184 e. The van der Waals surface area contributed by atoms with Crippen LogP contribution in [0.15, 0.2) is 65.1 Å².